The Bertz CT molecular complexity index is 589. The molecule has 0 atom stereocenters. The molecule has 100 valence electrons. The van der Waals surface area contributed by atoms with Crippen molar-refractivity contribution in [1.29, 1.82) is 0 Å². The van der Waals surface area contributed by atoms with E-state index in [0.717, 1.165) is 17.7 Å². The van der Waals surface area contributed by atoms with Crippen LogP contribution in [0.1, 0.15) is 21.6 Å². The SMILES string of the molecule is CNC(=O)c1ccn(-c2ccc(CCN)cc2C)n1. The lowest BCUT2D eigenvalue weighted by Gasteiger charge is -2.08. The molecule has 5 heteroatoms. The van der Waals surface area contributed by atoms with Crippen LogP contribution in [0.4, 0.5) is 0 Å². The second-order valence-electron chi connectivity index (χ2n) is 4.38. The van der Waals surface area contributed by atoms with Crippen molar-refractivity contribution in [2.24, 2.45) is 5.73 Å². The quantitative estimate of drug-likeness (QED) is 0.860. The molecule has 0 saturated carbocycles. The topological polar surface area (TPSA) is 72.9 Å². The van der Waals surface area contributed by atoms with Crippen molar-refractivity contribution >= 4 is 5.91 Å². The van der Waals surface area contributed by atoms with Gasteiger partial charge in [-0.05, 0) is 43.1 Å². The lowest BCUT2D eigenvalue weighted by atomic mass is 10.1. The van der Waals surface area contributed by atoms with E-state index in [-0.39, 0.29) is 5.91 Å². The molecule has 1 aromatic heterocycles. The van der Waals surface area contributed by atoms with Crippen LogP contribution in [-0.2, 0) is 6.42 Å². The molecule has 1 aromatic carbocycles. The van der Waals surface area contributed by atoms with Crippen LogP contribution in [0, 0.1) is 6.92 Å². The number of rotatable bonds is 4. The highest BCUT2D eigenvalue weighted by molar-refractivity contribution is 5.91. The van der Waals surface area contributed by atoms with Crippen molar-refractivity contribution in [2.75, 3.05) is 13.6 Å². The zero-order valence-corrected chi connectivity index (χ0v) is 11.2. The first-order valence-electron chi connectivity index (χ1n) is 6.23. The molecule has 0 saturated heterocycles. The smallest absolute Gasteiger partial charge is 0.271 e. The van der Waals surface area contributed by atoms with E-state index in [1.165, 1.54) is 5.56 Å². The molecular weight excluding hydrogens is 240 g/mol. The van der Waals surface area contributed by atoms with Crippen LogP contribution in [0.15, 0.2) is 30.5 Å². The van der Waals surface area contributed by atoms with Crippen LogP contribution in [-0.4, -0.2) is 29.3 Å². The molecule has 0 spiro atoms. The summed E-state index contributed by atoms with van der Waals surface area (Å²) in [7, 11) is 1.59. The molecule has 19 heavy (non-hydrogen) atoms. The van der Waals surface area contributed by atoms with Gasteiger partial charge in [-0.1, -0.05) is 12.1 Å². The van der Waals surface area contributed by atoms with Gasteiger partial charge in [-0.2, -0.15) is 5.10 Å². The van der Waals surface area contributed by atoms with E-state index in [1.54, 1.807) is 24.0 Å². The summed E-state index contributed by atoms with van der Waals surface area (Å²) in [6.45, 7) is 2.66. The van der Waals surface area contributed by atoms with Crippen LogP contribution in [0.25, 0.3) is 5.69 Å². The van der Waals surface area contributed by atoms with E-state index in [0.29, 0.717) is 12.2 Å². The third-order valence-corrected chi connectivity index (χ3v) is 2.99. The standard InChI is InChI=1S/C14H18N4O/c1-10-9-11(5-7-15)3-4-13(10)18-8-6-12(17-18)14(19)16-2/h3-4,6,8-9H,5,7,15H2,1-2H3,(H,16,19). The van der Waals surface area contributed by atoms with E-state index in [1.807, 2.05) is 19.1 Å². The van der Waals surface area contributed by atoms with Gasteiger partial charge in [-0.25, -0.2) is 4.68 Å². The number of nitrogens with zero attached hydrogens (tertiary/aromatic N) is 2. The Balaban J connectivity index is 2.31. The van der Waals surface area contributed by atoms with Crippen LogP contribution in [0.3, 0.4) is 0 Å². The maximum absolute atomic E-state index is 11.5. The van der Waals surface area contributed by atoms with Gasteiger partial charge in [0.2, 0.25) is 0 Å². The fourth-order valence-electron chi connectivity index (χ4n) is 2.00. The summed E-state index contributed by atoms with van der Waals surface area (Å²) in [5, 5.41) is 6.83. The molecule has 0 aliphatic heterocycles. The van der Waals surface area contributed by atoms with Gasteiger partial charge in [0.15, 0.2) is 5.69 Å². The molecule has 0 aliphatic carbocycles. The molecule has 2 aromatic rings. The van der Waals surface area contributed by atoms with Crippen molar-refractivity contribution in [3.8, 4) is 5.69 Å². The average Bonchev–Trinajstić information content (AvgIpc) is 2.88. The van der Waals surface area contributed by atoms with Gasteiger partial charge in [-0.3, -0.25) is 4.79 Å². The summed E-state index contributed by atoms with van der Waals surface area (Å²) in [5.41, 5.74) is 9.25. The van der Waals surface area contributed by atoms with Crippen molar-refractivity contribution < 1.29 is 4.79 Å². The van der Waals surface area contributed by atoms with Gasteiger partial charge in [0.1, 0.15) is 0 Å². The van der Waals surface area contributed by atoms with E-state index >= 15 is 0 Å². The molecule has 0 radical (unpaired) electrons. The second kappa shape index (κ2) is 5.67. The number of benzene rings is 1. The zero-order valence-electron chi connectivity index (χ0n) is 11.2. The number of carbonyl (C=O) groups is 1. The summed E-state index contributed by atoms with van der Waals surface area (Å²) in [5.74, 6) is -0.184. The van der Waals surface area contributed by atoms with Crippen molar-refractivity contribution in [2.45, 2.75) is 13.3 Å². The number of amides is 1. The highest BCUT2D eigenvalue weighted by Crippen LogP contribution is 2.16. The first-order chi connectivity index (χ1) is 9.15. The first-order valence-corrected chi connectivity index (χ1v) is 6.23. The van der Waals surface area contributed by atoms with Gasteiger partial charge in [0, 0.05) is 13.2 Å². The largest absolute Gasteiger partial charge is 0.354 e. The van der Waals surface area contributed by atoms with E-state index < -0.39 is 0 Å². The fourth-order valence-corrected chi connectivity index (χ4v) is 2.00. The van der Waals surface area contributed by atoms with Crippen molar-refractivity contribution in [3.05, 3.63) is 47.3 Å². The first kappa shape index (κ1) is 13.3. The van der Waals surface area contributed by atoms with Crippen LogP contribution in [0.5, 0.6) is 0 Å². The van der Waals surface area contributed by atoms with Crippen LogP contribution >= 0.6 is 0 Å². The van der Waals surface area contributed by atoms with E-state index in [2.05, 4.69) is 16.5 Å². The minimum atomic E-state index is -0.184. The molecule has 3 N–H and O–H groups in total. The molecule has 0 bridgehead atoms. The lowest BCUT2D eigenvalue weighted by Crippen LogP contribution is -2.18. The third kappa shape index (κ3) is 2.82. The highest BCUT2D eigenvalue weighted by Gasteiger charge is 2.09. The van der Waals surface area contributed by atoms with Crippen LogP contribution < -0.4 is 11.1 Å². The number of hydrogen-bond donors (Lipinski definition) is 2. The third-order valence-electron chi connectivity index (χ3n) is 2.99. The second-order valence-corrected chi connectivity index (χ2v) is 4.38. The number of carbonyl (C=O) groups excluding carboxylic acids is 1. The van der Waals surface area contributed by atoms with Crippen molar-refractivity contribution in [3.63, 3.8) is 0 Å². The summed E-state index contributed by atoms with van der Waals surface area (Å²) < 4.78 is 1.71. The summed E-state index contributed by atoms with van der Waals surface area (Å²) in [6.07, 6.45) is 2.65. The number of aryl methyl sites for hydroxylation is 1. The Labute approximate surface area is 112 Å². The van der Waals surface area contributed by atoms with Gasteiger partial charge in [-0.15, -0.1) is 0 Å². The van der Waals surface area contributed by atoms with E-state index in [9.17, 15) is 4.79 Å². The van der Waals surface area contributed by atoms with E-state index in [4.69, 9.17) is 5.73 Å². The molecule has 1 heterocycles. The molecular formula is C14H18N4O. The average molecular weight is 258 g/mol. The molecule has 0 aliphatic rings. The minimum Gasteiger partial charge on any atom is -0.354 e. The molecule has 0 fully saturated rings. The Morgan fingerprint density at radius 3 is 2.84 bits per heavy atom. The minimum absolute atomic E-state index is 0.184. The molecule has 0 unspecified atom stereocenters. The lowest BCUT2D eigenvalue weighted by molar-refractivity contribution is 0.0957. The zero-order chi connectivity index (χ0) is 13.8. The predicted octanol–water partition coefficient (Wildman–Crippen LogP) is 1.04. The maximum atomic E-state index is 11.5. The summed E-state index contributed by atoms with van der Waals surface area (Å²) in [4.78, 5) is 11.5. The monoisotopic (exact) mass is 258 g/mol. The summed E-state index contributed by atoms with van der Waals surface area (Å²) in [6, 6.07) is 7.84. The number of nitrogens with one attached hydrogen (secondary N) is 1. The van der Waals surface area contributed by atoms with Gasteiger partial charge < -0.3 is 11.1 Å². The van der Waals surface area contributed by atoms with Crippen molar-refractivity contribution in [1.82, 2.24) is 15.1 Å². The normalized spacial score (nSPS) is 10.5. The Morgan fingerprint density at radius 1 is 1.42 bits per heavy atom. The highest BCUT2D eigenvalue weighted by atomic mass is 16.1. The number of aromatic nitrogens is 2. The molecule has 2 rings (SSSR count). The summed E-state index contributed by atoms with van der Waals surface area (Å²) >= 11 is 0. The molecule has 5 nitrogen and oxygen atoms in total. The Kier molecular flexibility index (Phi) is 3.97. The Morgan fingerprint density at radius 2 is 2.21 bits per heavy atom. The maximum Gasteiger partial charge on any atom is 0.271 e. The van der Waals surface area contributed by atoms with Crippen LogP contribution in [0.2, 0.25) is 0 Å². The fraction of sp³-hybridized carbons (Fsp3) is 0.286. The van der Waals surface area contributed by atoms with Gasteiger partial charge >= 0.3 is 0 Å². The van der Waals surface area contributed by atoms with Gasteiger partial charge in [0.05, 0.1) is 5.69 Å². The predicted molar refractivity (Wildman–Crippen MR) is 74.4 cm³/mol. The number of hydrogen-bond acceptors (Lipinski definition) is 3. The van der Waals surface area contributed by atoms with Gasteiger partial charge in [0.25, 0.3) is 5.91 Å². The Hall–Kier alpha value is -2.14. The number of nitrogens with two attached hydrogens (primary N) is 1. The molecule has 1 amide bonds.